The van der Waals surface area contributed by atoms with Crippen LogP contribution in [0.5, 0.6) is 0 Å². The van der Waals surface area contributed by atoms with Crippen LogP contribution in [-0.2, 0) is 11.2 Å². The highest BCUT2D eigenvalue weighted by molar-refractivity contribution is 14.0. The SMILES string of the molecule is CN=C(NCC(C)N1CCc2ccccc21)NCC1(C)CCCO1.I. The molecule has 25 heavy (non-hydrogen) atoms. The second-order valence-electron chi connectivity index (χ2n) is 7.13. The Balaban J connectivity index is 0.00000225. The van der Waals surface area contributed by atoms with Crippen molar-refractivity contribution in [2.75, 3.05) is 38.2 Å². The molecule has 5 nitrogen and oxygen atoms in total. The van der Waals surface area contributed by atoms with Gasteiger partial charge in [0.2, 0.25) is 0 Å². The van der Waals surface area contributed by atoms with E-state index in [1.807, 2.05) is 7.05 Å². The molecule has 0 aliphatic carbocycles. The Morgan fingerprint density at radius 2 is 2.16 bits per heavy atom. The summed E-state index contributed by atoms with van der Waals surface area (Å²) in [5, 5.41) is 6.87. The quantitative estimate of drug-likeness (QED) is 0.405. The molecule has 0 radical (unpaired) electrons. The Kier molecular flexibility index (Phi) is 7.37. The maximum absolute atomic E-state index is 5.83. The van der Waals surface area contributed by atoms with Gasteiger partial charge in [-0.2, -0.15) is 0 Å². The van der Waals surface area contributed by atoms with Crippen LogP contribution in [0.15, 0.2) is 29.3 Å². The summed E-state index contributed by atoms with van der Waals surface area (Å²) >= 11 is 0. The molecule has 6 heteroatoms. The van der Waals surface area contributed by atoms with Gasteiger partial charge in [-0.05, 0) is 44.7 Å². The lowest BCUT2D eigenvalue weighted by molar-refractivity contribution is 0.0243. The molecule has 2 aliphatic heterocycles. The number of guanidine groups is 1. The Bertz CT molecular complexity index is 587. The van der Waals surface area contributed by atoms with Crippen LogP contribution >= 0.6 is 24.0 Å². The van der Waals surface area contributed by atoms with Gasteiger partial charge in [0.15, 0.2) is 5.96 Å². The molecule has 0 spiro atoms. The predicted molar refractivity (Wildman–Crippen MR) is 115 cm³/mol. The molecule has 140 valence electrons. The van der Waals surface area contributed by atoms with Crippen molar-refractivity contribution >= 4 is 35.6 Å². The van der Waals surface area contributed by atoms with Crippen molar-refractivity contribution in [3.8, 4) is 0 Å². The highest BCUT2D eigenvalue weighted by Crippen LogP contribution is 2.29. The smallest absolute Gasteiger partial charge is 0.191 e. The van der Waals surface area contributed by atoms with Crippen LogP contribution in [0.4, 0.5) is 5.69 Å². The van der Waals surface area contributed by atoms with Gasteiger partial charge < -0.3 is 20.3 Å². The predicted octanol–water partition coefficient (Wildman–Crippen LogP) is 2.79. The Morgan fingerprint density at radius 3 is 2.88 bits per heavy atom. The largest absolute Gasteiger partial charge is 0.373 e. The van der Waals surface area contributed by atoms with Crippen LogP contribution in [0.3, 0.4) is 0 Å². The zero-order valence-corrected chi connectivity index (χ0v) is 17.9. The maximum Gasteiger partial charge on any atom is 0.191 e. The van der Waals surface area contributed by atoms with Crippen molar-refractivity contribution in [3.05, 3.63) is 29.8 Å². The fourth-order valence-electron chi connectivity index (χ4n) is 3.64. The molecule has 0 amide bonds. The molecule has 3 rings (SSSR count). The van der Waals surface area contributed by atoms with E-state index in [4.69, 9.17) is 4.74 Å². The number of fused-ring (bicyclic) bond motifs is 1. The number of halogens is 1. The number of hydrogen-bond donors (Lipinski definition) is 2. The van der Waals surface area contributed by atoms with Crippen molar-refractivity contribution in [1.82, 2.24) is 10.6 Å². The average molecular weight is 458 g/mol. The third-order valence-electron chi connectivity index (χ3n) is 5.17. The van der Waals surface area contributed by atoms with E-state index in [0.29, 0.717) is 6.04 Å². The number of aliphatic imine (C=N–C) groups is 1. The van der Waals surface area contributed by atoms with E-state index in [0.717, 1.165) is 51.5 Å². The first-order valence-corrected chi connectivity index (χ1v) is 9.04. The minimum absolute atomic E-state index is 0. The number of anilines is 1. The fraction of sp³-hybridized carbons (Fsp3) is 0.632. The standard InChI is InChI=1S/C19H30N4O.HI/c1-15(23-11-9-16-7-4-5-8-17(16)23)13-21-18(20-3)22-14-19(2)10-6-12-24-19;/h4-5,7-8,15H,6,9-14H2,1-3H3,(H2,20,21,22);1H. The number of para-hydroxylation sites is 1. The van der Waals surface area contributed by atoms with Crippen molar-refractivity contribution in [3.63, 3.8) is 0 Å². The van der Waals surface area contributed by atoms with Crippen molar-refractivity contribution in [2.24, 2.45) is 4.99 Å². The molecule has 0 aromatic heterocycles. The molecule has 2 heterocycles. The molecule has 0 saturated carbocycles. The van der Waals surface area contributed by atoms with Gasteiger partial charge >= 0.3 is 0 Å². The van der Waals surface area contributed by atoms with E-state index in [2.05, 4.69) is 58.6 Å². The number of nitrogens with zero attached hydrogens (tertiary/aromatic N) is 2. The van der Waals surface area contributed by atoms with Crippen LogP contribution in [0, 0.1) is 0 Å². The third-order valence-corrected chi connectivity index (χ3v) is 5.17. The Hall–Kier alpha value is -1.02. The molecule has 1 fully saturated rings. The summed E-state index contributed by atoms with van der Waals surface area (Å²) in [5.41, 5.74) is 2.77. The zero-order valence-electron chi connectivity index (χ0n) is 15.5. The van der Waals surface area contributed by atoms with Gasteiger partial charge in [-0.15, -0.1) is 24.0 Å². The van der Waals surface area contributed by atoms with E-state index < -0.39 is 0 Å². The summed E-state index contributed by atoms with van der Waals surface area (Å²) in [6.45, 7) is 8.07. The monoisotopic (exact) mass is 458 g/mol. The molecule has 0 bridgehead atoms. The summed E-state index contributed by atoms with van der Waals surface area (Å²) in [6, 6.07) is 9.14. The summed E-state index contributed by atoms with van der Waals surface area (Å²) < 4.78 is 5.83. The molecule has 2 aliphatic rings. The molecule has 2 N–H and O–H groups in total. The highest BCUT2D eigenvalue weighted by atomic mass is 127. The molecular weight excluding hydrogens is 427 g/mol. The molecule has 2 unspecified atom stereocenters. The number of ether oxygens (including phenoxy) is 1. The van der Waals surface area contributed by atoms with Gasteiger partial charge in [0.25, 0.3) is 0 Å². The number of hydrogen-bond acceptors (Lipinski definition) is 3. The van der Waals surface area contributed by atoms with Gasteiger partial charge in [-0.25, -0.2) is 0 Å². The van der Waals surface area contributed by atoms with Crippen LogP contribution in [-0.4, -0.2) is 50.9 Å². The maximum atomic E-state index is 5.83. The second kappa shape index (κ2) is 9.07. The number of nitrogens with one attached hydrogen (secondary N) is 2. The molecule has 1 saturated heterocycles. The van der Waals surface area contributed by atoms with Crippen LogP contribution in [0.25, 0.3) is 0 Å². The molecule has 1 aromatic rings. The Morgan fingerprint density at radius 1 is 1.36 bits per heavy atom. The first-order chi connectivity index (χ1) is 11.6. The zero-order chi connectivity index (χ0) is 17.0. The first kappa shape index (κ1) is 20.3. The lowest BCUT2D eigenvalue weighted by Gasteiger charge is -2.29. The van der Waals surface area contributed by atoms with Crippen LogP contribution in [0.2, 0.25) is 0 Å². The van der Waals surface area contributed by atoms with Gasteiger partial charge in [0.05, 0.1) is 5.60 Å². The van der Waals surface area contributed by atoms with E-state index in [9.17, 15) is 0 Å². The summed E-state index contributed by atoms with van der Waals surface area (Å²) in [5.74, 6) is 0.853. The van der Waals surface area contributed by atoms with E-state index in [1.165, 1.54) is 11.3 Å². The molecule has 2 atom stereocenters. The fourth-order valence-corrected chi connectivity index (χ4v) is 3.64. The lowest BCUT2D eigenvalue weighted by atomic mass is 10.0. The van der Waals surface area contributed by atoms with Crippen LogP contribution < -0.4 is 15.5 Å². The minimum Gasteiger partial charge on any atom is -0.373 e. The summed E-state index contributed by atoms with van der Waals surface area (Å²) in [7, 11) is 1.82. The van der Waals surface area contributed by atoms with Gasteiger partial charge in [0, 0.05) is 45.0 Å². The van der Waals surface area contributed by atoms with E-state index in [1.54, 1.807) is 0 Å². The molecule has 1 aromatic carbocycles. The van der Waals surface area contributed by atoms with Gasteiger partial charge in [-0.3, -0.25) is 4.99 Å². The Labute approximate surface area is 168 Å². The van der Waals surface area contributed by atoms with E-state index >= 15 is 0 Å². The average Bonchev–Trinajstić information content (AvgIpc) is 3.21. The highest BCUT2D eigenvalue weighted by Gasteiger charge is 2.30. The van der Waals surface area contributed by atoms with Crippen molar-refractivity contribution in [2.45, 2.75) is 44.8 Å². The van der Waals surface area contributed by atoms with E-state index in [-0.39, 0.29) is 29.6 Å². The number of benzene rings is 1. The number of rotatable bonds is 5. The van der Waals surface area contributed by atoms with Gasteiger partial charge in [0.1, 0.15) is 0 Å². The summed E-state index contributed by atoms with van der Waals surface area (Å²) in [6.07, 6.45) is 3.40. The van der Waals surface area contributed by atoms with Crippen molar-refractivity contribution in [1.29, 1.82) is 0 Å². The van der Waals surface area contributed by atoms with Gasteiger partial charge in [-0.1, -0.05) is 18.2 Å². The third kappa shape index (κ3) is 5.00. The topological polar surface area (TPSA) is 48.9 Å². The minimum atomic E-state index is -0.0584. The first-order valence-electron chi connectivity index (χ1n) is 9.04. The van der Waals surface area contributed by atoms with Crippen LogP contribution in [0.1, 0.15) is 32.3 Å². The molecular formula is C19H31IN4O. The lowest BCUT2D eigenvalue weighted by Crippen LogP contribution is -2.49. The summed E-state index contributed by atoms with van der Waals surface area (Å²) in [4.78, 5) is 6.83. The second-order valence-corrected chi connectivity index (χ2v) is 7.13. The normalized spacial score (nSPS) is 23.8. The van der Waals surface area contributed by atoms with Crippen molar-refractivity contribution < 1.29 is 4.74 Å².